The fourth-order valence-corrected chi connectivity index (χ4v) is 1.43. The molecule has 1 aromatic rings. The lowest BCUT2D eigenvalue weighted by Crippen LogP contribution is -2.29. The third-order valence-corrected chi connectivity index (χ3v) is 2.06. The normalized spacial score (nSPS) is 20.7. The van der Waals surface area contributed by atoms with Gasteiger partial charge in [-0.25, -0.2) is 4.39 Å². The number of carbonyl (C=O) groups excluding carboxylic acids is 1. The first-order valence-electron chi connectivity index (χ1n) is 4.55. The number of para-hydroxylation sites is 1. The SMILES string of the molecule is CN1CC(=O)/C=C(/F)c2ccccc2O1. The second-order valence-corrected chi connectivity index (χ2v) is 3.33. The van der Waals surface area contributed by atoms with Crippen LogP contribution in [0.2, 0.25) is 0 Å². The number of hydroxylamine groups is 2. The van der Waals surface area contributed by atoms with Crippen molar-refractivity contribution in [1.29, 1.82) is 0 Å². The van der Waals surface area contributed by atoms with Gasteiger partial charge >= 0.3 is 0 Å². The Labute approximate surface area is 86.7 Å². The van der Waals surface area contributed by atoms with E-state index in [4.69, 9.17) is 4.84 Å². The van der Waals surface area contributed by atoms with E-state index in [1.54, 1.807) is 31.3 Å². The highest BCUT2D eigenvalue weighted by atomic mass is 19.1. The molecule has 1 aromatic carbocycles. The number of hydrogen-bond acceptors (Lipinski definition) is 3. The van der Waals surface area contributed by atoms with Gasteiger partial charge < -0.3 is 4.84 Å². The van der Waals surface area contributed by atoms with Crippen LogP contribution in [0.25, 0.3) is 5.83 Å². The molecule has 0 saturated heterocycles. The molecule has 0 aliphatic carbocycles. The van der Waals surface area contributed by atoms with Gasteiger partial charge in [0.2, 0.25) is 0 Å². The minimum Gasteiger partial charge on any atom is -0.405 e. The lowest BCUT2D eigenvalue weighted by molar-refractivity contribution is -0.122. The Balaban J connectivity index is 2.50. The van der Waals surface area contributed by atoms with E-state index in [0.717, 1.165) is 6.08 Å². The fourth-order valence-electron chi connectivity index (χ4n) is 1.43. The zero-order chi connectivity index (χ0) is 10.8. The van der Waals surface area contributed by atoms with Gasteiger partial charge in [-0.2, -0.15) is 0 Å². The third-order valence-electron chi connectivity index (χ3n) is 2.06. The smallest absolute Gasteiger partial charge is 0.176 e. The summed E-state index contributed by atoms with van der Waals surface area (Å²) in [6.45, 7) is 0.0434. The summed E-state index contributed by atoms with van der Waals surface area (Å²) in [6.07, 6.45) is 0.998. The van der Waals surface area contributed by atoms with E-state index in [-0.39, 0.29) is 12.3 Å². The van der Waals surface area contributed by atoms with Crippen molar-refractivity contribution in [2.24, 2.45) is 0 Å². The molecule has 0 N–H and O–H groups in total. The Morgan fingerprint density at radius 2 is 2.13 bits per heavy atom. The summed E-state index contributed by atoms with van der Waals surface area (Å²) < 4.78 is 13.5. The Bertz CT molecular complexity index is 428. The summed E-state index contributed by atoms with van der Waals surface area (Å²) in [5.74, 6) is -0.450. The third kappa shape index (κ3) is 2.05. The monoisotopic (exact) mass is 207 g/mol. The van der Waals surface area contributed by atoms with Crippen molar-refractivity contribution in [2.75, 3.05) is 13.6 Å². The molecular weight excluding hydrogens is 197 g/mol. The molecule has 0 amide bonds. The molecule has 0 bridgehead atoms. The molecular formula is C11H10FNO2. The highest BCUT2D eigenvalue weighted by molar-refractivity contribution is 5.97. The van der Waals surface area contributed by atoms with Crippen LogP contribution in [0.4, 0.5) is 4.39 Å². The van der Waals surface area contributed by atoms with E-state index in [0.29, 0.717) is 11.3 Å². The van der Waals surface area contributed by atoms with Crippen LogP contribution in [-0.4, -0.2) is 24.4 Å². The van der Waals surface area contributed by atoms with Crippen LogP contribution in [0.3, 0.4) is 0 Å². The molecule has 78 valence electrons. The fraction of sp³-hybridized carbons (Fsp3) is 0.182. The first-order chi connectivity index (χ1) is 7.16. The van der Waals surface area contributed by atoms with Crippen LogP contribution in [0.5, 0.6) is 5.75 Å². The maximum Gasteiger partial charge on any atom is 0.176 e. The second-order valence-electron chi connectivity index (χ2n) is 3.33. The number of benzene rings is 1. The molecule has 0 saturated carbocycles. The van der Waals surface area contributed by atoms with Gasteiger partial charge in [-0.15, -0.1) is 5.06 Å². The molecule has 4 heteroatoms. The first-order valence-corrected chi connectivity index (χ1v) is 4.55. The van der Waals surface area contributed by atoms with E-state index in [2.05, 4.69) is 0 Å². The second kappa shape index (κ2) is 3.82. The molecule has 2 rings (SSSR count). The van der Waals surface area contributed by atoms with E-state index < -0.39 is 5.83 Å². The molecule has 1 aliphatic heterocycles. The summed E-state index contributed by atoms with van der Waals surface area (Å²) in [5, 5.41) is 1.38. The first kappa shape index (κ1) is 9.86. The minimum atomic E-state index is -0.552. The van der Waals surface area contributed by atoms with Crippen molar-refractivity contribution >= 4 is 11.6 Å². The summed E-state index contributed by atoms with van der Waals surface area (Å²) in [5.41, 5.74) is 0.303. The quantitative estimate of drug-likeness (QED) is 0.649. The number of carbonyl (C=O) groups is 1. The molecule has 0 unspecified atom stereocenters. The van der Waals surface area contributed by atoms with Crippen LogP contribution >= 0.6 is 0 Å². The Kier molecular flexibility index (Phi) is 2.51. The number of hydrogen-bond donors (Lipinski definition) is 0. The van der Waals surface area contributed by atoms with Crippen molar-refractivity contribution < 1.29 is 14.0 Å². The number of nitrogens with zero attached hydrogens (tertiary/aromatic N) is 1. The van der Waals surface area contributed by atoms with Crippen LogP contribution in [0, 0.1) is 0 Å². The van der Waals surface area contributed by atoms with Gasteiger partial charge in [0.1, 0.15) is 5.83 Å². The highest BCUT2D eigenvalue weighted by Crippen LogP contribution is 2.28. The number of likely N-dealkylation sites (N-methyl/N-ethyl adjacent to an activating group) is 1. The van der Waals surface area contributed by atoms with E-state index >= 15 is 0 Å². The standard InChI is InChI=1S/C11H10FNO2/c1-13-7-8(14)6-10(12)9-4-2-3-5-11(9)15-13/h2-6H,7H2,1H3/b10-6+. The highest BCUT2D eigenvalue weighted by Gasteiger charge is 2.17. The van der Waals surface area contributed by atoms with Gasteiger partial charge in [-0.05, 0) is 12.1 Å². The summed E-state index contributed by atoms with van der Waals surface area (Å²) in [7, 11) is 1.63. The van der Waals surface area contributed by atoms with E-state index in [9.17, 15) is 9.18 Å². The zero-order valence-electron chi connectivity index (χ0n) is 8.24. The Hall–Kier alpha value is -1.68. The van der Waals surface area contributed by atoms with Crippen LogP contribution in [0.1, 0.15) is 5.56 Å². The maximum atomic E-state index is 13.5. The zero-order valence-corrected chi connectivity index (χ0v) is 8.24. The van der Waals surface area contributed by atoms with Crippen molar-refractivity contribution in [2.45, 2.75) is 0 Å². The summed E-state index contributed by atoms with van der Waals surface area (Å²) in [6, 6.07) is 6.69. The van der Waals surface area contributed by atoms with Gasteiger partial charge in [0, 0.05) is 13.1 Å². The van der Waals surface area contributed by atoms with E-state index in [1.807, 2.05) is 0 Å². The predicted molar refractivity (Wildman–Crippen MR) is 53.8 cm³/mol. The maximum absolute atomic E-state index is 13.5. The minimum absolute atomic E-state index is 0.0434. The van der Waals surface area contributed by atoms with Gasteiger partial charge in [-0.3, -0.25) is 4.79 Å². The van der Waals surface area contributed by atoms with Gasteiger partial charge in [0.25, 0.3) is 0 Å². The average Bonchev–Trinajstić information content (AvgIpc) is 2.16. The molecule has 3 nitrogen and oxygen atoms in total. The lowest BCUT2D eigenvalue weighted by Gasteiger charge is -2.20. The lowest BCUT2D eigenvalue weighted by atomic mass is 10.1. The predicted octanol–water partition coefficient (Wildman–Crippen LogP) is 1.81. The molecule has 0 aromatic heterocycles. The number of rotatable bonds is 0. The van der Waals surface area contributed by atoms with Gasteiger partial charge in [-0.1, -0.05) is 12.1 Å². The van der Waals surface area contributed by atoms with Crippen molar-refractivity contribution in [3.8, 4) is 5.75 Å². The molecule has 0 radical (unpaired) electrons. The van der Waals surface area contributed by atoms with Crippen LogP contribution in [0.15, 0.2) is 30.3 Å². The van der Waals surface area contributed by atoms with Crippen molar-refractivity contribution in [3.63, 3.8) is 0 Å². The van der Waals surface area contributed by atoms with Gasteiger partial charge in [0.05, 0.1) is 12.1 Å². The summed E-state index contributed by atoms with van der Waals surface area (Å²) >= 11 is 0. The molecule has 1 heterocycles. The van der Waals surface area contributed by atoms with Crippen LogP contribution < -0.4 is 4.84 Å². The number of ketones is 1. The molecule has 15 heavy (non-hydrogen) atoms. The molecule has 1 aliphatic rings. The molecule has 0 fully saturated rings. The number of halogens is 1. The Morgan fingerprint density at radius 1 is 1.40 bits per heavy atom. The molecule has 0 spiro atoms. The van der Waals surface area contributed by atoms with Crippen molar-refractivity contribution in [3.05, 3.63) is 35.9 Å². The summed E-state index contributed by atoms with van der Waals surface area (Å²) in [4.78, 5) is 16.5. The van der Waals surface area contributed by atoms with E-state index in [1.165, 1.54) is 5.06 Å². The average molecular weight is 207 g/mol. The van der Waals surface area contributed by atoms with Crippen molar-refractivity contribution in [1.82, 2.24) is 5.06 Å². The number of fused-ring (bicyclic) bond motifs is 1. The Morgan fingerprint density at radius 3 is 2.93 bits per heavy atom. The topological polar surface area (TPSA) is 29.5 Å². The largest absolute Gasteiger partial charge is 0.405 e. The van der Waals surface area contributed by atoms with Crippen LogP contribution in [-0.2, 0) is 4.79 Å². The van der Waals surface area contributed by atoms with Gasteiger partial charge in [0.15, 0.2) is 11.5 Å². The molecule has 0 atom stereocenters.